The zero-order valence-corrected chi connectivity index (χ0v) is 13.6. The smallest absolute Gasteiger partial charge is 0.151 e. The summed E-state index contributed by atoms with van der Waals surface area (Å²) in [7, 11) is -1.06. The van der Waals surface area contributed by atoms with Gasteiger partial charge in [0.2, 0.25) is 0 Å². The molecule has 20 heavy (non-hydrogen) atoms. The van der Waals surface area contributed by atoms with Crippen LogP contribution in [-0.4, -0.2) is 30.7 Å². The van der Waals surface area contributed by atoms with Crippen molar-refractivity contribution >= 4 is 25.3 Å². The van der Waals surface area contributed by atoms with Crippen LogP contribution >= 0.6 is 0 Å². The monoisotopic (exact) mass is 290 g/mol. The summed E-state index contributed by atoms with van der Waals surface area (Å²) in [5, 5.41) is 5.22. The quantitative estimate of drug-likeness (QED) is 0.465. The molecular weight excluding hydrogens is 268 g/mol. The third-order valence-corrected chi connectivity index (χ3v) is 5.12. The lowest BCUT2D eigenvalue weighted by Gasteiger charge is -2.15. The minimum absolute atomic E-state index is 0.440. The third kappa shape index (κ3) is 3.35. The molecular formula is C15H22N2O2Si. The van der Waals surface area contributed by atoms with Crippen LogP contribution in [0.2, 0.25) is 25.7 Å². The van der Waals surface area contributed by atoms with Gasteiger partial charge in [0.05, 0.1) is 11.7 Å². The van der Waals surface area contributed by atoms with E-state index < -0.39 is 8.07 Å². The zero-order chi connectivity index (χ0) is 14.8. The van der Waals surface area contributed by atoms with Crippen LogP contribution in [0.4, 0.5) is 0 Å². The molecule has 0 amide bonds. The first-order valence-corrected chi connectivity index (χ1v) is 10.6. The Morgan fingerprint density at radius 3 is 2.75 bits per heavy atom. The Bertz CT molecular complexity index is 614. The third-order valence-electron chi connectivity index (χ3n) is 3.41. The molecule has 0 aliphatic heterocycles. The summed E-state index contributed by atoms with van der Waals surface area (Å²) in [6, 6.07) is 5.09. The first-order chi connectivity index (χ1) is 9.42. The second-order valence-electron chi connectivity index (χ2n) is 6.34. The summed E-state index contributed by atoms with van der Waals surface area (Å²) < 4.78 is 7.52. The highest BCUT2D eigenvalue weighted by molar-refractivity contribution is 6.76. The van der Waals surface area contributed by atoms with Gasteiger partial charge in [0.1, 0.15) is 6.73 Å². The van der Waals surface area contributed by atoms with Crippen molar-refractivity contribution in [3.05, 3.63) is 29.5 Å². The van der Waals surface area contributed by atoms with Crippen LogP contribution in [0.25, 0.3) is 10.9 Å². The van der Waals surface area contributed by atoms with Crippen molar-refractivity contribution in [1.82, 2.24) is 9.78 Å². The molecule has 0 spiro atoms. The lowest BCUT2D eigenvalue weighted by molar-refractivity contribution is 0.0817. The maximum absolute atomic E-state index is 11.2. The Balaban J connectivity index is 2.10. The highest BCUT2D eigenvalue weighted by atomic mass is 28.3. The summed E-state index contributed by atoms with van der Waals surface area (Å²) in [5.41, 5.74) is 2.65. The highest BCUT2D eigenvalue weighted by Gasteiger charge is 2.13. The van der Waals surface area contributed by atoms with Crippen LogP contribution in [0.5, 0.6) is 0 Å². The molecule has 2 rings (SSSR count). The number of nitrogens with zero attached hydrogens (tertiary/aromatic N) is 2. The zero-order valence-electron chi connectivity index (χ0n) is 12.6. The van der Waals surface area contributed by atoms with E-state index in [2.05, 4.69) is 24.7 Å². The molecule has 2 aromatic rings. The van der Waals surface area contributed by atoms with Crippen LogP contribution < -0.4 is 0 Å². The Morgan fingerprint density at radius 2 is 2.10 bits per heavy atom. The highest BCUT2D eigenvalue weighted by Crippen LogP contribution is 2.20. The van der Waals surface area contributed by atoms with Gasteiger partial charge in [0, 0.05) is 25.6 Å². The molecule has 108 valence electrons. The number of aromatic nitrogens is 2. The maximum Gasteiger partial charge on any atom is 0.151 e. The van der Waals surface area contributed by atoms with Gasteiger partial charge in [-0.2, -0.15) is 5.10 Å². The Morgan fingerprint density at radius 1 is 1.35 bits per heavy atom. The molecule has 0 N–H and O–H groups in total. The summed E-state index contributed by atoms with van der Waals surface area (Å²) in [6.45, 7) is 10.1. The molecule has 5 heteroatoms. The van der Waals surface area contributed by atoms with Gasteiger partial charge < -0.3 is 4.74 Å². The average molecular weight is 290 g/mol. The van der Waals surface area contributed by atoms with E-state index in [0.29, 0.717) is 6.73 Å². The number of rotatable bonds is 6. The van der Waals surface area contributed by atoms with E-state index in [1.165, 1.54) is 0 Å². The van der Waals surface area contributed by atoms with Crippen molar-refractivity contribution in [2.45, 2.75) is 39.3 Å². The van der Waals surface area contributed by atoms with Crippen LogP contribution in [0.1, 0.15) is 15.9 Å². The second kappa shape index (κ2) is 5.89. The number of fused-ring (bicyclic) bond motifs is 1. The average Bonchev–Trinajstić information content (AvgIpc) is 2.76. The van der Waals surface area contributed by atoms with E-state index >= 15 is 0 Å². The molecule has 0 aliphatic rings. The van der Waals surface area contributed by atoms with Gasteiger partial charge in [-0.3, -0.25) is 4.79 Å². The van der Waals surface area contributed by atoms with Gasteiger partial charge in [-0.05, 0) is 24.6 Å². The van der Waals surface area contributed by atoms with Crippen LogP contribution in [0.3, 0.4) is 0 Å². The number of aldehydes is 1. The normalized spacial score (nSPS) is 12.0. The fourth-order valence-corrected chi connectivity index (χ4v) is 2.83. The van der Waals surface area contributed by atoms with E-state index in [-0.39, 0.29) is 0 Å². The minimum Gasteiger partial charge on any atom is -0.360 e. The van der Waals surface area contributed by atoms with Crippen molar-refractivity contribution in [3.63, 3.8) is 0 Å². The number of ether oxygens (including phenoxy) is 1. The van der Waals surface area contributed by atoms with E-state index in [1.807, 2.05) is 23.7 Å². The molecule has 0 aliphatic carbocycles. The predicted molar refractivity (Wildman–Crippen MR) is 84.0 cm³/mol. The summed E-state index contributed by atoms with van der Waals surface area (Å²) >= 11 is 0. The van der Waals surface area contributed by atoms with Crippen LogP contribution in [0, 0.1) is 6.92 Å². The Hall–Kier alpha value is -1.46. The van der Waals surface area contributed by atoms with Crippen molar-refractivity contribution in [2.24, 2.45) is 0 Å². The summed E-state index contributed by atoms with van der Waals surface area (Å²) in [5.74, 6) is 0. The van der Waals surface area contributed by atoms with Crippen molar-refractivity contribution in [2.75, 3.05) is 6.61 Å². The number of benzene rings is 1. The lowest BCUT2D eigenvalue weighted by atomic mass is 10.1. The Labute approximate surface area is 120 Å². The van der Waals surface area contributed by atoms with E-state index in [1.54, 1.807) is 6.20 Å². The Kier molecular flexibility index (Phi) is 4.40. The first kappa shape index (κ1) is 14.9. The maximum atomic E-state index is 11.2. The molecule has 0 unspecified atom stereocenters. The summed E-state index contributed by atoms with van der Waals surface area (Å²) in [4.78, 5) is 11.2. The standard InChI is InChI=1S/C15H22N2O2Si/c1-12-5-6-15-13(14(12)10-18)9-16-17(15)11-19-7-8-20(2,3)4/h5-6,9-10H,7-8,11H2,1-4H3. The number of hydrogen-bond acceptors (Lipinski definition) is 3. The minimum atomic E-state index is -1.06. The lowest BCUT2D eigenvalue weighted by Crippen LogP contribution is -2.22. The van der Waals surface area contributed by atoms with Gasteiger partial charge in [-0.25, -0.2) is 4.68 Å². The first-order valence-electron chi connectivity index (χ1n) is 6.90. The predicted octanol–water partition coefficient (Wildman–Crippen LogP) is 3.47. The molecule has 0 saturated heterocycles. The van der Waals surface area contributed by atoms with Gasteiger partial charge in [-0.1, -0.05) is 25.7 Å². The molecule has 0 radical (unpaired) electrons. The van der Waals surface area contributed by atoms with Crippen molar-refractivity contribution < 1.29 is 9.53 Å². The molecule has 1 aromatic heterocycles. The van der Waals surface area contributed by atoms with Crippen LogP contribution in [-0.2, 0) is 11.5 Å². The van der Waals surface area contributed by atoms with E-state index in [9.17, 15) is 4.79 Å². The fourth-order valence-electron chi connectivity index (χ4n) is 2.07. The molecule has 1 heterocycles. The molecule has 0 atom stereocenters. The fraction of sp³-hybridized carbons (Fsp3) is 0.467. The topological polar surface area (TPSA) is 44.1 Å². The molecule has 0 fully saturated rings. The van der Waals surface area contributed by atoms with Gasteiger partial charge in [0.25, 0.3) is 0 Å². The molecule has 0 bridgehead atoms. The SMILES string of the molecule is Cc1ccc2c(cnn2COCC[Si](C)(C)C)c1C=O. The van der Waals surface area contributed by atoms with Crippen LogP contribution in [0.15, 0.2) is 18.3 Å². The van der Waals surface area contributed by atoms with E-state index in [0.717, 1.165) is 41.0 Å². The number of hydrogen-bond donors (Lipinski definition) is 0. The van der Waals surface area contributed by atoms with E-state index in [4.69, 9.17) is 4.74 Å². The molecule has 4 nitrogen and oxygen atoms in total. The van der Waals surface area contributed by atoms with Crippen molar-refractivity contribution in [1.29, 1.82) is 0 Å². The second-order valence-corrected chi connectivity index (χ2v) is 12.0. The summed E-state index contributed by atoms with van der Waals surface area (Å²) in [6.07, 6.45) is 2.64. The molecule has 1 aromatic carbocycles. The number of carbonyl (C=O) groups is 1. The number of aryl methyl sites for hydroxylation is 1. The van der Waals surface area contributed by atoms with Gasteiger partial charge >= 0.3 is 0 Å². The van der Waals surface area contributed by atoms with Crippen molar-refractivity contribution in [3.8, 4) is 0 Å². The number of carbonyl (C=O) groups excluding carboxylic acids is 1. The van der Waals surface area contributed by atoms with Gasteiger partial charge in [-0.15, -0.1) is 0 Å². The molecule has 0 saturated carbocycles. The van der Waals surface area contributed by atoms with Gasteiger partial charge in [0.15, 0.2) is 6.29 Å². The largest absolute Gasteiger partial charge is 0.360 e.